The Morgan fingerprint density at radius 2 is 1.84 bits per heavy atom. The van der Waals surface area contributed by atoms with Crippen molar-refractivity contribution in [2.24, 2.45) is 0 Å². The highest BCUT2D eigenvalue weighted by atomic mass is 31.2. The molecule has 0 bridgehead atoms. The normalized spacial score (nSPS) is 12.2. The molecule has 1 atom stereocenters. The number of aromatic nitrogens is 2. The summed E-state index contributed by atoms with van der Waals surface area (Å²) in [6.07, 6.45) is 3.16. The molecular formula is C23H25N3O5P+. The molecule has 0 saturated heterocycles. The van der Waals surface area contributed by atoms with Gasteiger partial charge >= 0.3 is 8.60 Å². The van der Waals surface area contributed by atoms with Crippen molar-refractivity contribution in [3.8, 4) is 11.3 Å². The first-order valence-corrected chi connectivity index (χ1v) is 11.2. The first-order valence-electron chi connectivity index (χ1n) is 10.0. The molecule has 0 radical (unpaired) electrons. The molecule has 32 heavy (non-hydrogen) atoms. The van der Waals surface area contributed by atoms with E-state index in [1.54, 1.807) is 10.8 Å². The van der Waals surface area contributed by atoms with Crippen molar-refractivity contribution in [2.75, 3.05) is 12.8 Å². The standard InChI is InChI=1S/C23H24N3O5P/c1-16-5-10-20(30-16)13-18-8-6-17(7-9-18)12-19-14-22(31-25-19)21-4-3-11-26(23(21)24)15-29-32(27)28-2/h3-11,14,24,27H,12-13,15H2,1-2H3/p+1. The van der Waals surface area contributed by atoms with Crippen LogP contribution in [-0.2, 0) is 28.6 Å². The minimum absolute atomic E-state index is 0.0562. The van der Waals surface area contributed by atoms with Gasteiger partial charge in [0.05, 0.1) is 11.9 Å². The molecular weight excluding hydrogens is 429 g/mol. The quantitative estimate of drug-likeness (QED) is 0.289. The SMILES string of the molecule is COP(O)OC[n+]1cccc(-c2cc(Cc3ccc(Cc4ccc(C)o4)cc3)no2)c1N. The van der Waals surface area contributed by atoms with E-state index in [9.17, 15) is 4.89 Å². The Bertz CT molecular complexity index is 1170. The molecule has 8 nitrogen and oxygen atoms in total. The van der Waals surface area contributed by atoms with Crippen LogP contribution in [0.25, 0.3) is 11.3 Å². The second-order valence-electron chi connectivity index (χ2n) is 7.32. The third-order valence-corrected chi connectivity index (χ3v) is 5.63. The van der Waals surface area contributed by atoms with Gasteiger partial charge in [0.2, 0.25) is 0 Å². The maximum atomic E-state index is 9.46. The Balaban J connectivity index is 1.43. The molecule has 1 unspecified atom stereocenters. The molecule has 4 aromatic rings. The molecule has 0 spiro atoms. The lowest BCUT2D eigenvalue weighted by Gasteiger charge is -2.08. The number of pyridine rings is 1. The molecule has 0 saturated carbocycles. The number of nitrogen functional groups attached to an aromatic ring is 1. The van der Waals surface area contributed by atoms with Crippen LogP contribution in [0.2, 0.25) is 0 Å². The second kappa shape index (κ2) is 10.1. The smallest absolute Gasteiger partial charge is 0.332 e. The van der Waals surface area contributed by atoms with Gasteiger partial charge in [-0.25, -0.2) is 4.57 Å². The molecule has 166 valence electrons. The molecule has 4 rings (SSSR count). The predicted molar refractivity (Wildman–Crippen MR) is 119 cm³/mol. The molecule has 3 heterocycles. The molecule has 0 aliphatic rings. The lowest BCUT2D eigenvalue weighted by atomic mass is 10.0. The number of furan rings is 1. The maximum absolute atomic E-state index is 9.46. The number of hydrogen-bond acceptors (Lipinski definition) is 7. The van der Waals surface area contributed by atoms with Gasteiger partial charge in [-0.2, -0.15) is 0 Å². The van der Waals surface area contributed by atoms with E-state index < -0.39 is 8.60 Å². The van der Waals surface area contributed by atoms with Crippen molar-refractivity contribution in [2.45, 2.75) is 26.5 Å². The molecule has 1 aromatic carbocycles. The number of anilines is 1. The van der Waals surface area contributed by atoms with Gasteiger partial charge in [0, 0.05) is 26.0 Å². The zero-order valence-electron chi connectivity index (χ0n) is 17.9. The maximum Gasteiger partial charge on any atom is 0.332 e. The summed E-state index contributed by atoms with van der Waals surface area (Å²) in [5.74, 6) is 2.88. The highest BCUT2D eigenvalue weighted by Crippen LogP contribution is 2.31. The summed E-state index contributed by atoms with van der Waals surface area (Å²) in [4.78, 5) is 9.46. The summed E-state index contributed by atoms with van der Waals surface area (Å²) >= 11 is 0. The van der Waals surface area contributed by atoms with E-state index >= 15 is 0 Å². The van der Waals surface area contributed by atoms with Crippen molar-refractivity contribution < 1.29 is 27.4 Å². The van der Waals surface area contributed by atoms with Gasteiger partial charge < -0.3 is 18.4 Å². The van der Waals surface area contributed by atoms with E-state index in [2.05, 4.69) is 29.4 Å². The van der Waals surface area contributed by atoms with Gasteiger partial charge in [0.25, 0.3) is 5.82 Å². The number of nitrogens with zero attached hydrogens (tertiary/aromatic N) is 2. The number of benzene rings is 1. The summed E-state index contributed by atoms with van der Waals surface area (Å²) in [5.41, 5.74) is 10.1. The van der Waals surface area contributed by atoms with Crippen LogP contribution in [0.1, 0.15) is 28.3 Å². The van der Waals surface area contributed by atoms with Gasteiger partial charge in [0.15, 0.2) is 12.5 Å². The zero-order valence-corrected chi connectivity index (χ0v) is 18.8. The van der Waals surface area contributed by atoms with Gasteiger partial charge in [0.1, 0.15) is 17.1 Å². The van der Waals surface area contributed by atoms with E-state index in [1.165, 1.54) is 12.7 Å². The van der Waals surface area contributed by atoms with E-state index in [1.807, 2.05) is 37.3 Å². The first kappa shape index (κ1) is 22.2. The Morgan fingerprint density at radius 3 is 2.53 bits per heavy atom. The molecule has 0 aliphatic carbocycles. The molecule has 3 N–H and O–H groups in total. The van der Waals surface area contributed by atoms with E-state index in [0.29, 0.717) is 23.6 Å². The molecule has 0 fully saturated rings. The second-order valence-corrected chi connectivity index (χ2v) is 8.42. The van der Waals surface area contributed by atoms with Crippen LogP contribution >= 0.6 is 8.60 Å². The van der Waals surface area contributed by atoms with Gasteiger partial charge in [-0.15, -0.1) is 0 Å². The fourth-order valence-electron chi connectivity index (χ4n) is 3.34. The predicted octanol–water partition coefficient (Wildman–Crippen LogP) is 4.13. The molecule has 0 amide bonds. The summed E-state index contributed by atoms with van der Waals surface area (Å²) in [5, 5.41) is 4.20. The van der Waals surface area contributed by atoms with E-state index in [-0.39, 0.29) is 6.73 Å². The Labute approximate surface area is 187 Å². The fourth-order valence-corrected chi connectivity index (χ4v) is 3.66. The number of rotatable bonds is 9. The summed E-state index contributed by atoms with van der Waals surface area (Å²) < 4.78 is 22.8. The summed E-state index contributed by atoms with van der Waals surface area (Å²) in [6, 6.07) is 17.9. The van der Waals surface area contributed by atoms with Crippen LogP contribution in [-0.4, -0.2) is 17.2 Å². The summed E-state index contributed by atoms with van der Waals surface area (Å²) in [7, 11) is -0.561. The van der Waals surface area contributed by atoms with Crippen molar-refractivity contribution in [1.82, 2.24) is 5.16 Å². The third-order valence-electron chi connectivity index (χ3n) is 4.98. The van der Waals surface area contributed by atoms with Crippen LogP contribution in [0, 0.1) is 6.92 Å². The van der Waals surface area contributed by atoms with Crippen molar-refractivity contribution in [1.29, 1.82) is 0 Å². The topological polar surface area (TPSA) is 108 Å². The molecule has 3 aromatic heterocycles. The third kappa shape index (κ3) is 5.41. The lowest BCUT2D eigenvalue weighted by Crippen LogP contribution is -2.37. The van der Waals surface area contributed by atoms with Crippen molar-refractivity contribution in [3.63, 3.8) is 0 Å². The van der Waals surface area contributed by atoms with Gasteiger partial charge in [-0.3, -0.25) is 10.3 Å². The average Bonchev–Trinajstić information content (AvgIpc) is 3.43. The van der Waals surface area contributed by atoms with Crippen LogP contribution < -0.4 is 10.3 Å². The number of aryl methyl sites for hydroxylation is 1. The lowest BCUT2D eigenvalue weighted by molar-refractivity contribution is -0.711. The monoisotopic (exact) mass is 454 g/mol. The van der Waals surface area contributed by atoms with Crippen molar-refractivity contribution >= 4 is 14.4 Å². The van der Waals surface area contributed by atoms with Crippen LogP contribution in [0.5, 0.6) is 0 Å². The van der Waals surface area contributed by atoms with E-state index in [0.717, 1.165) is 29.2 Å². The van der Waals surface area contributed by atoms with Gasteiger partial charge in [-0.05, 0) is 42.3 Å². The Morgan fingerprint density at radius 1 is 1.09 bits per heavy atom. The first-order chi connectivity index (χ1) is 15.5. The van der Waals surface area contributed by atoms with E-state index in [4.69, 9.17) is 23.7 Å². The summed E-state index contributed by atoms with van der Waals surface area (Å²) in [6.45, 7) is 2.00. The average molecular weight is 454 g/mol. The van der Waals surface area contributed by atoms with Crippen LogP contribution in [0.4, 0.5) is 5.82 Å². The van der Waals surface area contributed by atoms with Crippen LogP contribution in [0.15, 0.2) is 69.7 Å². The highest BCUT2D eigenvalue weighted by Gasteiger charge is 2.18. The zero-order chi connectivity index (χ0) is 22.5. The van der Waals surface area contributed by atoms with Gasteiger partial charge in [-0.1, -0.05) is 29.4 Å². The fraction of sp³-hybridized carbons (Fsp3) is 0.217. The minimum Gasteiger partial charge on any atom is -0.466 e. The van der Waals surface area contributed by atoms with Crippen molar-refractivity contribution in [3.05, 3.63) is 89.1 Å². The largest absolute Gasteiger partial charge is 0.466 e. The minimum atomic E-state index is -1.94. The molecule has 9 heteroatoms. The highest BCUT2D eigenvalue weighted by molar-refractivity contribution is 7.40. The molecule has 0 aliphatic heterocycles. The van der Waals surface area contributed by atoms with Crippen LogP contribution in [0.3, 0.4) is 0 Å². The Hall–Kier alpha value is -3.03. The number of nitrogens with two attached hydrogens (primary N) is 1. The number of hydrogen-bond donors (Lipinski definition) is 2. The Kier molecular flexibility index (Phi) is 6.97.